The summed E-state index contributed by atoms with van der Waals surface area (Å²) in [6, 6.07) is 12.5. The van der Waals surface area contributed by atoms with E-state index in [-0.39, 0.29) is 11.7 Å². The fourth-order valence-electron chi connectivity index (χ4n) is 3.73. The lowest BCUT2D eigenvalue weighted by molar-refractivity contribution is -0.137. The minimum absolute atomic E-state index is 0.114. The molecule has 7 heteroatoms. The van der Waals surface area contributed by atoms with Gasteiger partial charge in [-0.1, -0.05) is 30.2 Å². The minimum atomic E-state index is -1.76. The monoisotopic (exact) mass is 384 g/mol. The van der Waals surface area contributed by atoms with Crippen molar-refractivity contribution in [2.24, 2.45) is 5.73 Å². The molecule has 5 rings (SSSR count). The number of aliphatic hydroxyl groups is 1. The Labute approximate surface area is 166 Å². The Morgan fingerprint density at radius 1 is 1.28 bits per heavy atom. The van der Waals surface area contributed by atoms with E-state index in [1.54, 1.807) is 41.9 Å². The van der Waals surface area contributed by atoms with Gasteiger partial charge in [0.2, 0.25) is 5.60 Å². The summed E-state index contributed by atoms with van der Waals surface area (Å²) in [5.41, 5.74) is 6.51. The van der Waals surface area contributed by atoms with E-state index in [4.69, 9.17) is 5.73 Å². The van der Waals surface area contributed by atoms with Crippen LogP contribution < -0.4 is 5.73 Å². The predicted molar refractivity (Wildman–Crippen MR) is 106 cm³/mol. The summed E-state index contributed by atoms with van der Waals surface area (Å²) < 4.78 is 1.79. The van der Waals surface area contributed by atoms with Gasteiger partial charge in [0, 0.05) is 29.9 Å². The molecule has 3 aromatic rings. The van der Waals surface area contributed by atoms with Crippen molar-refractivity contribution in [1.82, 2.24) is 14.3 Å². The number of likely N-dealkylation sites (tertiary alicyclic amines) is 1. The maximum atomic E-state index is 12.3. The number of carbonyl (C=O) groups is 2. The van der Waals surface area contributed by atoms with Crippen molar-refractivity contribution in [2.45, 2.75) is 11.6 Å². The summed E-state index contributed by atoms with van der Waals surface area (Å²) >= 11 is 0. The number of pyridine rings is 1. The number of benzene rings is 1. The number of primary amides is 1. The van der Waals surface area contributed by atoms with Gasteiger partial charge in [-0.25, -0.2) is 4.98 Å². The van der Waals surface area contributed by atoms with E-state index in [9.17, 15) is 14.7 Å². The molecule has 2 amide bonds. The highest BCUT2D eigenvalue weighted by Gasteiger charge is 2.58. The zero-order valence-corrected chi connectivity index (χ0v) is 15.5. The SMILES string of the molecule is CN1C(=O)[C@](O)(C#Cc2cccc(-c3nc(C(N)=O)c4ccccn34)c2)C2=C[C@H]21. The number of aromatic nitrogens is 2. The first-order valence-electron chi connectivity index (χ1n) is 9.02. The second kappa shape index (κ2) is 5.80. The first-order chi connectivity index (χ1) is 13.9. The first kappa shape index (κ1) is 17.2. The molecule has 1 saturated heterocycles. The lowest BCUT2D eigenvalue weighted by Crippen LogP contribution is -2.39. The summed E-state index contributed by atoms with van der Waals surface area (Å²) in [7, 11) is 1.65. The van der Waals surface area contributed by atoms with Gasteiger partial charge in [-0.15, -0.1) is 0 Å². The Balaban J connectivity index is 1.56. The van der Waals surface area contributed by atoms with E-state index in [0.29, 0.717) is 22.5 Å². The maximum Gasteiger partial charge on any atom is 0.272 e. The summed E-state index contributed by atoms with van der Waals surface area (Å²) in [6.45, 7) is 0. The second-order valence-corrected chi connectivity index (χ2v) is 7.13. The van der Waals surface area contributed by atoms with E-state index in [1.807, 2.05) is 24.3 Å². The number of imidazole rings is 1. The van der Waals surface area contributed by atoms with E-state index >= 15 is 0 Å². The van der Waals surface area contributed by atoms with Gasteiger partial charge < -0.3 is 15.7 Å². The average Bonchev–Trinajstić information content (AvgIpc) is 3.40. The molecule has 0 spiro atoms. The minimum Gasteiger partial charge on any atom is -0.366 e. The van der Waals surface area contributed by atoms with Crippen molar-refractivity contribution in [3.05, 3.63) is 71.6 Å². The van der Waals surface area contributed by atoms with Gasteiger partial charge in [-0.3, -0.25) is 14.0 Å². The van der Waals surface area contributed by atoms with E-state index in [0.717, 1.165) is 5.56 Å². The quantitative estimate of drug-likeness (QED) is 0.508. The molecule has 1 aromatic carbocycles. The third-order valence-electron chi connectivity index (χ3n) is 5.30. The van der Waals surface area contributed by atoms with Crippen LogP contribution in [0.2, 0.25) is 0 Å². The molecular weight excluding hydrogens is 368 g/mol. The molecule has 2 aliphatic rings. The van der Waals surface area contributed by atoms with Crippen LogP contribution in [0, 0.1) is 11.8 Å². The van der Waals surface area contributed by atoms with Crippen LogP contribution in [0.5, 0.6) is 0 Å². The van der Waals surface area contributed by atoms with Crippen LogP contribution in [0.15, 0.2) is 60.3 Å². The third-order valence-corrected chi connectivity index (χ3v) is 5.30. The predicted octanol–water partition coefficient (Wildman–Crippen LogP) is 0.963. The summed E-state index contributed by atoms with van der Waals surface area (Å²) in [5, 5.41) is 10.7. The van der Waals surface area contributed by atoms with Crippen LogP contribution in [-0.4, -0.2) is 49.9 Å². The van der Waals surface area contributed by atoms with Gasteiger partial charge in [0.05, 0.1) is 11.6 Å². The molecule has 7 nitrogen and oxygen atoms in total. The second-order valence-electron chi connectivity index (χ2n) is 7.13. The standard InChI is InChI=1S/C22H16N4O3/c1-25-17-12-15(17)22(29,21(25)28)9-8-13-5-4-6-14(11-13)20-24-18(19(23)27)16-7-2-3-10-26(16)20/h2-7,10-12,17,29H,1H3,(H2,23,27)/t17-,22+/m1/s1. The Morgan fingerprint density at radius 2 is 2.10 bits per heavy atom. The van der Waals surface area contributed by atoms with Gasteiger partial charge in [-0.2, -0.15) is 0 Å². The van der Waals surface area contributed by atoms with E-state index < -0.39 is 17.4 Å². The number of hydrogen-bond acceptors (Lipinski definition) is 4. The summed E-state index contributed by atoms with van der Waals surface area (Å²) in [6.07, 6.45) is 3.63. The van der Waals surface area contributed by atoms with Crippen molar-refractivity contribution in [3.63, 3.8) is 0 Å². The number of fused-ring (bicyclic) bond motifs is 2. The van der Waals surface area contributed by atoms with Crippen molar-refractivity contribution in [1.29, 1.82) is 0 Å². The van der Waals surface area contributed by atoms with Crippen LogP contribution in [0.3, 0.4) is 0 Å². The number of nitrogens with two attached hydrogens (primary N) is 1. The number of amides is 2. The van der Waals surface area contributed by atoms with Crippen LogP contribution in [0.1, 0.15) is 16.1 Å². The highest BCUT2D eigenvalue weighted by Crippen LogP contribution is 2.43. The summed E-state index contributed by atoms with van der Waals surface area (Å²) in [4.78, 5) is 29.9. The fourth-order valence-corrected chi connectivity index (χ4v) is 3.73. The molecule has 142 valence electrons. The highest BCUT2D eigenvalue weighted by molar-refractivity contribution is 6.00. The molecule has 1 fully saturated rings. The fraction of sp³-hybridized carbons (Fsp3) is 0.136. The number of hydrogen-bond donors (Lipinski definition) is 2. The van der Waals surface area contributed by atoms with Gasteiger partial charge in [0.25, 0.3) is 11.8 Å². The molecule has 29 heavy (non-hydrogen) atoms. The van der Waals surface area contributed by atoms with Crippen molar-refractivity contribution >= 4 is 17.3 Å². The van der Waals surface area contributed by atoms with Gasteiger partial charge >= 0.3 is 0 Å². The summed E-state index contributed by atoms with van der Waals surface area (Å²) in [5.74, 6) is 5.18. The number of rotatable bonds is 2. The lowest BCUT2D eigenvalue weighted by atomic mass is 10.0. The number of likely N-dealkylation sites (N-methyl/N-ethyl adjacent to an activating group) is 1. The molecule has 2 atom stereocenters. The van der Waals surface area contributed by atoms with Gasteiger partial charge in [-0.05, 0) is 30.2 Å². The van der Waals surface area contributed by atoms with Crippen LogP contribution in [-0.2, 0) is 4.79 Å². The molecule has 1 aliphatic heterocycles. The first-order valence-corrected chi connectivity index (χ1v) is 9.02. The molecule has 0 radical (unpaired) electrons. The Morgan fingerprint density at radius 3 is 2.83 bits per heavy atom. The maximum absolute atomic E-state index is 12.3. The van der Waals surface area contributed by atoms with Crippen molar-refractivity contribution < 1.29 is 14.7 Å². The van der Waals surface area contributed by atoms with E-state index in [1.165, 1.54) is 4.90 Å². The smallest absolute Gasteiger partial charge is 0.272 e. The Bertz CT molecular complexity index is 1310. The molecule has 1 aliphatic carbocycles. The van der Waals surface area contributed by atoms with Crippen molar-refractivity contribution in [2.75, 3.05) is 7.05 Å². The van der Waals surface area contributed by atoms with Crippen LogP contribution >= 0.6 is 0 Å². The van der Waals surface area contributed by atoms with Crippen LogP contribution in [0.25, 0.3) is 16.9 Å². The molecule has 0 unspecified atom stereocenters. The normalized spacial score (nSPS) is 22.1. The zero-order valence-electron chi connectivity index (χ0n) is 15.5. The number of nitrogens with zero attached hydrogens (tertiary/aromatic N) is 3. The zero-order chi connectivity index (χ0) is 20.3. The number of carbonyl (C=O) groups excluding carboxylic acids is 2. The lowest BCUT2D eigenvalue weighted by Gasteiger charge is -2.15. The molecule has 3 heterocycles. The van der Waals surface area contributed by atoms with Crippen molar-refractivity contribution in [3.8, 4) is 23.2 Å². The molecule has 3 N–H and O–H groups in total. The van der Waals surface area contributed by atoms with E-state index in [2.05, 4.69) is 16.8 Å². The average molecular weight is 384 g/mol. The van der Waals surface area contributed by atoms with Crippen LogP contribution in [0.4, 0.5) is 0 Å². The molecule has 0 bridgehead atoms. The Hall–Kier alpha value is -3.89. The topological polar surface area (TPSA) is 101 Å². The molecule has 0 saturated carbocycles. The largest absolute Gasteiger partial charge is 0.366 e. The van der Waals surface area contributed by atoms with Gasteiger partial charge in [0.1, 0.15) is 5.82 Å². The Kier molecular flexibility index (Phi) is 3.45. The molecular formula is C22H16N4O3. The third kappa shape index (κ3) is 2.47. The molecule has 2 aromatic heterocycles. The van der Waals surface area contributed by atoms with Gasteiger partial charge in [0.15, 0.2) is 5.69 Å². The highest BCUT2D eigenvalue weighted by atomic mass is 16.3.